The second kappa shape index (κ2) is 9.26. The minimum atomic E-state index is -0.956. The normalized spacial score (nSPS) is 16.3. The van der Waals surface area contributed by atoms with Crippen molar-refractivity contribution in [3.8, 4) is 5.75 Å². The number of allylic oxidation sites excluding steroid dienone is 1. The zero-order valence-electron chi connectivity index (χ0n) is 17.2. The van der Waals surface area contributed by atoms with Gasteiger partial charge in [0.05, 0.1) is 25.2 Å². The highest BCUT2D eigenvalue weighted by Crippen LogP contribution is 2.34. The van der Waals surface area contributed by atoms with Crippen LogP contribution in [-0.4, -0.2) is 31.5 Å². The Balaban J connectivity index is 1.98. The number of ether oxygens (including phenoxy) is 2. The van der Waals surface area contributed by atoms with E-state index in [0.29, 0.717) is 22.8 Å². The zero-order valence-corrected chi connectivity index (χ0v) is 17.2. The highest BCUT2D eigenvalue weighted by atomic mass is 16.5. The van der Waals surface area contributed by atoms with Crippen molar-refractivity contribution in [2.75, 3.05) is 23.9 Å². The van der Waals surface area contributed by atoms with E-state index in [4.69, 9.17) is 9.47 Å². The SMILES string of the molecule is CCOC(=O)C1=C(C)N(c2ccccc2)C(=O)CC1C(=O)Nc1cccc(OC)c1. The van der Waals surface area contributed by atoms with Gasteiger partial charge in [0.15, 0.2) is 0 Å². The van der Waals surface area contributed by atoms with Crippen molar-refractivity contribution in [3.05, 3.63) is 65.9 Å². The third-order valence-corrected chi connectivity index (χ3v) is 4.87. The largest absolute Gasteiger partial charge is 0.497 e. The second-order valence-corrected chi connectivity index (χ2v) is 6.76. The summed E-state index contributed by atoms with van der Waals surface area (Å²) in [7, 11) is 1.53. The standard InChI is InChI=1S/C23H24N2O5/c1-4-30-23(28)21-15(2)25(17-10-6-5-7-11-17)20(26)14-19(21)22(27)24-16-9-8-12-18(13-16)29-3/h5-13,19H,4,14H2,1-3H3,(H,24,27). The summed E-state index contributed by atoms with van der Waals surface area (Å²) in [6, 6.07) is 15.9. The number of para-hydroxylation sites is 1. The van der Waals surface area contributed by atoms with E-state index in [2.05, 4.69) is 5.32 Å². The minimum absolute atomic E-state index is 0.143. The van der Waals surface area contributed by atoms with E-state index in [0.717, 1.165) is 0 Å². The van der Waals surface area contributed by atoms with Gasteiger partial charge in [-0.3, -0.25) is 14.5 Å². The lowest BCUT2D eigenvalue weighted by molar-refractivity contribution is -0.141. The highest BCUT2D eigenvalue weighted by Gasteiger charge is 2.40. The fourth-order valence-electron chi connectivity index (χ4n) is 3.50. The Morgan fingerprint density at radius 3 is 2.53 bits per heavy atom. The Morgan fingerprint density at radius 1 is 1.13 bits per heavy atom. The van der Waals surface area contributed by atoms with E-state index in [1.54, 1.807) is 50.2 Å². The maximum absolute atomic E-state index is 13.1. The average Bonchev–Trinajstić information content (AvgIpc) is 2.74. The lowest BCUT2D eigenvalue weighted by Crippen LogP contribution is -2.43. The molecule has 1 atom stereocenters. The number of hydrogen-bond acceptors (Lipinski definition) is 5. The minimum Gasteiger partial charge on any atom is -0.497 e. The van der Waals surface area contributed by atoms with Crippen molar-refractivity contribution in [3.63, 3.8) is 0 Å². The van der Waals surface area contributed by atoms with Crippen LogP contribution < -0.4 is 15.0 Å². The number of methoxy groups -OCH3 is 1. The summed E-state index contributed by atoms with van der Waals surface area (Å²) in [5.41, 5.74) is 1.72. The number of benzene rings is 2. The van der Waals surface area contributed by atoms with Crippen molar-refractivity contribution in [1.82, 2.24) is 0 Å². The first kappa shape index (κ1) is 21.1. The Morgan fingerprint density at radius 2 is 1.87 bits per heavy atom. The number of nitrogens with one attached hydrogen (secondary N) is 1. The van der Waals surface area contributed by atoms with Gasteiger partial charge in [0, 0.05) is 29.6 Å². The molecule has 0 aromatic heterocycles. The molecule has 2 aromatic rings. The zero-order chi connectivity index (χ0) is 21.7. The Bertz CT molecular complexity index is 984. The van der Waals surface area contributed by atoms with Gasteiger partial charge in [-0.05, 0) is 38.1 Å². The topological polar surface area (TPSA) is 84.9 Å². The first-order valence-corrected chi connectivity index (χ1v) is 9.67. The van der Waals surface area contributed by atoms with Crippen LogP contribution in [0.4, 0.5) is 11.4 Å². The highest BCUT2D eigenvalue weighted by molar-refractivity contribution is 6.10. The van der Waals surface area contributed by atoms with Crippen molar-refractivity contribution in [1.29, 1.82) is 0 Å². The van der Waals surface area contributed by atoms with E-state index in [1.165, 1.54) is 12.0 Å². The Hall–Kier alpha value is -3.61. The lowest BCUT2D eigenvalue weighted by atomic mass is 9.88. The third-order valence-electron chi connectivity index (χ3n) is 4.87. The van der Waals surface area contributed by atoms with Gasteiger partial charge in [0.25, 0.3) is 0 Å². The van der Waals surface area contributed by atoms with Crippen LogP contribution in [-0.2, 0) is 19.1 Å². The van der Waals surface area contributed by atoms with Gasteiger partial charge in [-0.25, -0.2) is 4.79 Å². The van der Waals surface area contributed by atoms with E-state index in [1.807, 2.05) is 18.2 Å². The molecule has 2 aromatic carbocycles. The number of hydrogen-bond donors (Lipinski definition) is 1. The number of rotatable bonds is 6. The summed E-state index contributed by atoms with van der Waals surface area (Å²) < 4.78 is 10.4. The first-order chi connectivity index (χ1) is 14.5. The van der Waals surface area contributed by atoms with Crippen LogP contribution in [0.1, 0.15) is 20.3 Å². The van der Waals surface area contributed by atoms with Gasteiger partial charge in [-0.15, -0.1) is 0 Å². The maximum atomic E-state index is 13.1. The van der Waals surface area contributed by atoms with Crippen molar-refractivity contribution < 1.29 is 23.9 Å². The fourth-order valence-corrected chi connectivity index (χ4v) is 3.50. The summed E-state index contributed by atoms with van der Waals surface area (Å²) >= 11 is 0. The quantitative estimate of drug-likeness (QED) is 0.739. The molecule has 1 N–H and O–H groups in total. The smallest absolute Gasteiger partial charge is 0.336 e. The molecule has 0 bridgehead atoms. The Labute approximate surface area is 175 Å². The monoisotopic (exact) mass is 408 g/mol. The van der Waals surface area contributed by atoms with Gasteiger partial charge < -0.3 is 14.8 Å². The molecular formula is C23H24N2O5. The molecule has 0 radical (unpaired) electrons. The molecule has 7 heteroatoms. The van der Waals surface area contributed by atoms with Crippen LogP contribution in [0.15, 0.2) is 65.9 Å². The van der Waals surface area contributed by atoms with Crippen LogP contribution in [0.3, 0.4) is 0 Å². The van der Waals surface area contributed by atoms with Crippen LogP contribution in [0, 0.1) is 5.92 Å². The summed E-state index contributed by atoms with van der Waals surface area (Å²) in [5.74, 6) is -1.69. The van der Waals surface area contributed by atoms with Crippen molar-refractivity contribution >= 4 is 29.2 Å². The predicted molar refractivity (Wildman–Crippen MR) is 113 cm³/mol. The Kier molecular flexibility index (Phi) is 6.51. The predicted octanol–water partition coefficient (Wildman–Crippen LogP) is 3.52. The molecule has 1 unspecified atom stereocenters. The average molecular weight is 408 g/mol. The number of esters is 1. The molecular weight excluding hydrogens is 384 g/mol. The molecule has 1 heterocycles. The molecule has 7 nitrogen and oxygen atoms in total. The molecule has 0 fully saturated rings. The maximum Gasteiger partial charge on any atom is 0.336 e. The number of carbonyl (C=O) groups is 3. The van der Waals surface area contributed by atoms with Gasteiger partial charge >= 0.3 is 5.97 Å². The first-order valence-electron chi connectivity index (χ1n) is 9.67. The molecule has 2 amide bonds. The van der Waals surface area contributed by atoms with Crippen molar-refractivity contribution in [2.45, 2.75) is 20.3 Å². The summed E-state index contributed by atoms with van der Waals surface area (Å²) in [5, 5.41) is 2.78. The number of amides is 2. The van der Waals surface area contributed by atoms with Crippen LogP contribution >= 0.6 is 0 Å². The number of carbonyl (C=O) groups excluding carboxylic acids is 3. The van der Waals surface area contributed by atoms with E-state index < -0.39 is 17.8 Å². The molecule has 0 spiro atoms. The molecule has 1 aliphatic rings. The summed E-state index contributed by atoms with van der Waals surface area (Å²) in [4.78, 5) is 40.2. The molecule has 0 saturated heterocycles. The molecule has 3 rings (SSSR count). The van der Waals surface area contributed by atoms with Crippen LogP contribution in [0.25, 0.3) is 0 Å². The van der Waals surface area contributed by atoms with Crippen LogP contribution in [0.5, 0.6) is 5.75 Å². The fraction of sp³-hybridized carbons (Fsp3) is 0.261. The van der Waals surface area contributed by atoms with Gasteiger partial charge in [-0.2, -0.15) is 0 Å². The molecule has 0 saturated carbocycles. The molecule has 156 valence electrons. The summed E-state index contributed by atoms with van der Waals surface area (Å²) in [6.07, 6.45) is -0.143. The van der Waals surface area contributed by atoms with Crippen molar-refractivity contribution in [2.24, 2.45) is 5.92 Å². The van der Waals surface area contributed by atoms with Crippen LogP contribution in [0.2, 0.25) is 0 Å². The van der Waals surface area contributed by atoms with E-state index >= 15 is 0 Å². The third kappa shape index (κ3) is 4.35. The lowest BCUT2D eigenvalue weighted by Gasteiger charge is -2.33. The van der Waals surface area contributed by atoms with Gasteiger partial charge in [-0.1, -0.05) is 24.3 Å². The molecule has 0 aliphatic carbocycles. The van der Waals surface area contributed by atoms with Gasteiger partial charge in [0.1, 0.15) is 5.75 Å². The van der Waals surface area contributed by atoms with Gasteiger partial charge in [0.2, 0.25) is 11.8 Å². The number of anilines is 2. The number of nitrogens with zero attached hydrogens (tertiary/aromatic N) is 1. The molecule has 1 aliphatic heterocycles. The second-order valence-electron chi connectivity index (χ2n) is 6.76. The summed E-state index contributed by atoms with van der Waals surface area (Å²) in [6.45, 7) is 3.52. The van der Waals surface area contributed by atoms with E-state index in [-0.39, 0.29) is 24.5 Å². The van der Waals surface area contributed by atoms with E-state index in [9.17, 15) is 14.4 Å². The molecule has 30 heavy (non-hydrogen) atoms.